The van der Waals surface area contributed by atoms with E-state index in [4.69, 9.17) is 4.74 Å². The molecule has 6 nitrogen and oxygen atoms in total. The largest absolute Gasteiger partial charge is 0.481 e. The summed E-state index contributed by atoms with van der Waals surface area (Å²) in [7, 11) is 0. The summed E-state index contributed by atoms with van der Waals surface area (Å²) < 4.78 is 5.50. The molecule has 0 saturated carbocycles. The second-order valence-electron chi connectivity index (χ2n) is 8.59. The van der Waals surface area contributed by atoms with Crippen LogP contribution in [0, 0.1) is 20.8 Å². The third-order valence-electron chi connectivity index (χ3n) is 6.53. The molecule has 31 heavy (non-hydrogen) atoms. The molecule has 4 rings (SSSR count). The van der Waals surface area contributed by atoms with Crippen LogP contribution in [-0.2, 0) is 29.0 Å². The first-order valence-corrected chi connectivity index (χ1v) is 10.9. The van der Waals surface area contributed by atoms with Crippen molar-refractivity contribution in [3.05, 3.63) is 57.6 Å². The molecule has 1 N–H and O–H groups in total. The van der Waals surface area contributed by atoms with Crippen LogP contribution in [0.2, 0.25) is 0 Å². The second-order valence-corrected chi connectivity index (χ2v) is 8.59. The van der Waals surface area contributed by atoms with E-state index in [-0.39, 0.29) is 12.5 Å². The maximum Gasteiger partial charge on any atom is 0.320 e. The molecule has 6 heteroatoms. The molecule has 164 valence electrons. The van der Waals surface area contributed by atoms with Gasteiger partial charge in [-0.25, -0.2) is 4.79 Å². The summed E-state index contributed by atoms with van der Waals surface area (Å²) >= 11 is 0. The number of rotatable bonds is 3. The number of fused-ring (bicyclic) bond motifs is 1. The van der Waals surface area contributed by atoms with Crippen LogP contribution in [0.4, 0.5) is 4.79 Å². The lowest BCUT2D eigenvalue weighted by Crippen LogP contribution is -2.41. The Labute approximate surface area is 183 Å². The predicted molar refractivity (Wildman–Crippen MR) is 119 cm³/mol. The number of urea groups is 1. The van der Waals surface area contributed by atoms with E-state index in [1.165, 1.54) is 0 Å². The van der Waals surface area contributed by atoms with Gasteiger partial charge in [0.25, 0.3) is 0 Å². The van der Waals surface area contributed by atoms with E-state index in [0.29, 0.717) is 39.4 Å². The quantitative estimate of drug-likeness (QED) is 0.810. The van der Waals surface area contributed by atoms with Gasteiger partial charge in [-0.2, -0.15) is 0 Å². The molecule has 0 atom stereocenters. The SMILES string of the molecule is Cc1ccc(-c2c(C)c3c(c(C)c2CC(=O)O)CN(C(=O)N2CCCOCC2)C3)cc1. The molecule has 0 radical (unpaired) electrons. The van der Waals surface area contributed by atoms with Crippen LogP contribution < -0.4 is 0 Å². The van der Waals surface area contributed by atoms with Crippen molar-refractivity contribution in [1.29, 1.82) is 0 Å². The molecule has 0 aromatic heterocycles. The minimum Gasteiger partial charge on any atom is -0.481 e. The minimum absolute atomic E-state index is 0.0272. The first kappa shape index (κ1) is 21.4. The number of benzene rings is 2. The van der Waals surface area contributed by atoms with Crippen molar-refractivity contribution in [2.45, 2.75) is 46.7 Å². The standard InChI is InChI=1S/C25H30N2O4/c1-16-5-7-19(8-6-16)24-18(3)22-15-27(25(30)26-9-4-11-31-12-10-26)14-21(22)17(2)20(24)13-23(28)29/h5-8H,4,9-15H2,1-3H3,(H,28,29). The van der Waals surface area contributed by atoms with Crippen molar-refractivity contribution in [3.63, 3.8) is 0 Å². The topological polar surface area (TPSA) is 70.1 Å². The Balaban J connectivity index is 1.74. The zero-order chi connectivity index (χ0) is 22.1. The molecule has 1 fully saturated rings. The van der Waals surface area contributed by atoms with Gasteiger partial charge in [-0.15, -0.1) is 0 Å². The van der Waals surface area contributed by atoms with Gasteiger partial charge >= 0.3 is 12.0 Å². The number of aryl methyl sites for hydroxylation is 1. The lowest BCUT2D eigenvalue weighted by atomic mass is 9.84. The van der Waals surface area contributed by atoms with E-state index >= 15 is 0 Å². The van der Waals surface area contributed by atoms with Gasteiger partial charge in [0, 0.05) is 32.8 Å². The number of carboxylic acids is 1. The molecule has 2 aromatic carbocycles. The molecule has 2 amide bonds. The number of carbonyl (C=O) groups excluding carboxylic acids is 1. The third-order valence-corrected chi connectivity index (χ3v) is 6.53. The van der Waals surface area contributed by atoms with Crippen LogP contribution in [0.3, 0.4) is 0 Å². The van der Waals surface area contributed by atoms with Gasteiger partial charge in [-0.3, -0.25) is 4.79 Å². The van der Waals surface area contributed by atoms with Crippen LogP contribution in [-0.4, -0.2) is 53.2 Å². The maximum absolute atomic E-state index is 13.2. The summed E-state index contributed by atoms with van der Waals surface area (Å²) in [5, 5.41) is 9.60. The van der Waals surface area contributed by atoms with Crippen LogP contribution >= 0.6 is 0 Å². The molecule has 1 saturated heterocycles. The van der Waals surface area contributed by atoms with Gasteiger partial charge in [0.15, 0.2) is 0 Å². The number of ether oxygens (including phenoxy) is 1. The zero-order valence-corrected chi connectivity index (χ0v) is 18.5. The second kappa shape index (κ2) is 8.71. The summed E-state index contributed by atoms with van der Waals surface area (Å²) in [6.07, 6.45) is 0.825. The van der Waals surface area contributed by atoms with Gasteiger partial charge < -0.3 is 19.6 Å². The fourth-order valence-electron chi connectivity index (χ4n) is 4.82. The Bertz CT molecular complexity index is 1010. The summed E-state index contributed by atoms with van der Waals surface area (Å²) in [5.41, 5.74) is 8.37. The molecule has 0 spiro atoms. The molecular formula is C25H30N2O4. The summed E-state index contributed by atoms with van der Waals surface area (Å²) in [6.45, 7) is 9.79. The van der Waals surface area contributed by atoms with Crippen LogP contribution in [0.15, 0.2) is 24.3 Å². The Morgan fingerprint density at radius 1 is 0.935 bits per heavy atom. The van der Waals surface area contributed by atoms with Gasteiger partial charge in [0.05, 0.1) is 13.0 Å². The lowest BCUT2D eigenvalue weighted by molar-refractivity contribution is -0.136. The predicted octanol–water partition coefficient (Wildman–Crippen LogP) is 4.06. The summed E-state index contributed by atoms with van der Waals surface area (Å²) in [6, 6.07) is 8.27. The molecule has 0 unspecified atom stereocenters. The Hall–Kier alpha value is -2.86. The van der Waals surface area contributed by atoms with Crippen molar-refractivity contribution in [2.75, 3.05) is 26.3 Å². The van der Waals surface area contributed by atoms with Crippen molar-refractivity contribution in [1.82, 2.24) is 9.80 Å². The van der Waals surface area contributed by atoms with Crippen LogP contribution in [0.5, 0.6) is 0 Å². The first-order valence-electron chi connectivity index (χ1n) is 10.9. The Morgan fingerprint density at radius 3 is 2.29 bits per heavy atom. The zero-order valence-electron chi connectivity index (χ0n) is 18.5. The highest BCUT2D eigenvalue weighted by Crippen LogP contribution is 2.39. The minimum atomic E-state index is -0.841. The van der Waals surface area contributed by atoms with Gasteiger partial charge in [0.1, 0.15) is 0 Å². The monoisotopic (exact) mass is 422 g/mol. The average molecular weight is 423 g/mol. The first-order chi connectivity index (χ1) is 14.9. The van der Waals surface area contributed by atoms with Gasteiger partial charge in [0.2, 0.25) is 0 Å². The number of hydrogen-bond acceptors (Lipinski definition) is 3. The van der Waals surface area contributed by atoms with Gasteiger partial charge in [-0.1, -0.05) is 29.8 Å². The van der Waals surface area contributed by atoms with Crippen LogP contribution in [0.25, 0.3) is 11.1 Å². The van der Waals surface area contributed by atoms with E-state index < -0.39 is 5.97 Å². The third kappa shape index (κ3) is 4.17. The molecule has 0 bridgehead atoms. The number of nitrogens with zero attached hydrogens (tertiary/aromatic N) is 2. The summed E-state index contributed by atoms with van der Waals surface area (Å²) in [4.78, 5) is 28.7. The number of hydrogen-bond donors (Lipinski definition) is 1. The molecule has 2 aliphatic rings. The van der Waals surface area contributed by atoms with E-state index in [1.54, 1.807) is 0 Å². The molecular weight excluding hydrogens is 392 g/mol. The molecule has 2 aromatic rings. The van der Waals surface area contributed by atoms with E-state index in [2.05, 4.69) is 31.2 Å². The molecule has 2 aliphatic heterocycles. The van der Waals surface area contributed by atoms with Crippen molar-refractivity contribution in [2.24, 2.45) is 0 Å². The highest BCUT2D eigenvalue weighted by Gasteiger charge is 2.32. The van der Waals surface area contributed by atoms with E-state index in [1.807, 2.05) is 23.6 Å². The maximum atomic E-state index is 13.2. The number of carboxylic acid groups (broad SMARTS) is 1. The van der Waals surface area contributed by atoms with E-state index in [0.717, 1.165) is 50.9 Å². The fourth-order valence-corrected chi connectivity index (χ4v) is 4.82. The van der Waals surface area contributed by atoms with Crippen molar-refractivity contribution in [3.8, 4) is 11.1 Å². The fraction of sp³-hybridized carbons (Fsp3) is 0.440. The van der Waals surface area contributed by atoms with E-state index in [9.17, 15) is 14.7 Å². The number of carbonyl (C=O) groups is 2. The smallest absolute Gasteiger partial charge is 0.320 e. The highest BCUT2D eigenvalue weighted by atomic mass is 16.5. The number of amides is 2. The van der Waals surface area contributed by atoms with Gasteiger partial charge in [-0.05, 0) is 66.1 Å². The Kier molecular flexibility index (Phi) is 6.01. The normalized spacial score (nSPS) is 16.2. The van der Waals surface area contributed by atoms with Crippen molar-refractivity contribution < 1.29 is 19.4 Å². The molecule has 2 heterocycles. The van der Waals surface area contributed by atoms with Crippen molar-refractivity contribution >= 4 is 12.0 Å². The number of aliphatic carboxylic acids is 1. The Morgan fingerprint density at radius 2 is 1.61 bits per heavy atom. The lowest BCUT2D eigenvalue weighted by Gasteiger charge is -2.26. The summed E-state index contributed by atoms with van der Waals surface area (Å²) in [5.74, 6) is -0.841. The highest BCUT2D eigenvalue weighted by molar-refractivity contribution is 5.83. The molecule has 0 aliphatic carbocycles. The van der Waals surface area contributed by atoms with Crippen LogP contribution in [0.1, 0.15) is 39.8 Å². The average Bonchev–Trinajstić information content (AvgIpc) is 3.01.